The molecule has 3 heterocycles. The van der Waals surface area contributed by atoms with Crippen LogP contribution in [-0.2, 0) is 20.8 Å². The van der Waals surface area contributed by atoms with Crippen molar-refractivity contribution in [1.29, 1.82) is 0 Å². The highest BCUT2D eigenvalue weighted by Gasteiger charge is 2.35. The summed E-state index contributed by atoms with van der Waals surface area (Å²) in [5.74, 6) is -0.751. The number of piperazine rings is 1. The Kier molecular flexibility index (Phi) is 8.94. The summed E-state index contributed by atoms with van der Waals surface area (Å²) < 4.78 is 42.2. The van der Waals surface area contributed by atoms with Crippen molar-refractivity contribution < 1.29 is 23.0 Å². The lowest BCUT2D eigenvalue weighted by Crippen LogP contribution is -2.58. The van der Waals surface area contributed by atoms with E-state index in [9.17, 15) is 14.0 Å². The van der Waals surface area contributed by atoms with Gasteiger partial charge in [0.25, 0.3) is 0 Å². The number of ether oxygens (including phenoxy) is 2. The topological polar surface area (TPSA) is 76.9 Å². The Hall–Kier alpha value is -2.99. The molecule has 0 bridgehead atoms. The van der Waals surface area contributed by atoms with E-state index < -0.39 is 17.3 Å². The largest absolute Gasteiger partial charge is 0.382 e. The maximum atomic E-state index is 15.3. The number of anilines is 1. The van der Waals surface area contributed by atoms with E-state index in [4.69, 9.17) is 21.1 Å². The lowest BCUT2D eigenvalue weighted by molar-refractivity contribution is -0.130. The molecule has 1 fully saturated rings. The Morgan fingerprint density at radius 1 is 1.17 bits per heavy atom. The van der Waals surface area contributed by atoms with Crippen molar-refractivity contribution in [3.63, 3.8) is 0 Å². The van der Waals surface area contributed by atoms with Crippen LogP contribution >= 0.6 is 23.4 Å². The molecule has 0 saturated carbocycles. The molecule has 42 heavy (non-hydrogen) atoms. The van der Waals surface area contributed by atoms with Gasteiger partial charge in [-0.15, -0.1) is 11.8 Å². The zero-order valence-electron chi connectivity index (χ0n) is 24.0. The van der Waals surface area contributed by atoms with Crippen LogP contribution in [0.2, 0.25) is 5.02 Å². The summed E-state index contributed by atoms with van der Waals surface area (Å²) >= 11 is 7.57. The number of carbonyl (C=O) groups excluding carboxylic acids is 1. The van der Waals surface area contributed by atoms with Crippen molar-refractivity contribution in [2.45, 2.75) is 50.4 Å². The molecule has 0 radical (unpaired) electrons. The van der Waals surface area contributed by atoms with Gasteiger partial charge in [0.2, 0.25) is 5.91 Å². The molecule has 3 aromatic rings. The molecule has 224 valence electrons. The van der Waals surface area contributed by atoms with Crippen LogP contribution in [0.3, 0.4) is 0 Å². The maximum Gasteiger partial charge on any atom is 0.350 e. The maximum absolute atomic E-state index is 15.3. The van der Waals surface area contributed by atoms with Crippen molar-refractivity contribution in [2.24, 2.45) is 0 Å². The first-order valence-corrected chi connectivity index (χ1v) is 15.1. The van der Waals surface area contributed by atoms with Gasteiger partial charge in [-0.3, -0.25) is 9.36 Å². The molecule has 0 spiro atoms. The lowest BCUT2D eigenvalue weighted by Gasteiger charge is -2.44. The Morgan fingerprint density at radius 2 is 1.88 bits per heavy atom. The smallest absolute Gasteiger partial charge is 0.350 e. The van der Waals surface area contributed by atoms with E-state index in [1.165, 1.54) is 23.9 Å². The first-order chi connectivity index (χ1) is 20.0. The molecular weight excluding hydrogens is 586 g/mol. The fourth-order valence-electron chi connectivity index (χ4n) is 5.99. The van der Waals surface area contributed by atoms with Crippen LogP contribution in [0.1, 0.15) is 19.4 Å². The highest BCUT2D eigenvalue weighted by molar-refractivity contribution is 7.99. The van der Waals surface area contributed by atoms with Crippen LogP contribution in [0, 0.1) is 18.6 Å². The summed E-state index contributed by atoms with van der Waals surface area (Å²) in [6.45, 7) is 11.3. The molecule has 1 aromatic heterocycles. The average Bonchev–Trinajstić information content (AvgIpc) is 3.13. The predicted octanol–water partition coefficient (Wildman–Crippen LogP) is 5.05. The van der Waals surface area contributed by atoms with E-state index in [1.807, 2.05) is 31.7 Å². The molecule has 2 aliphatic heterocycles. The van der Waals surface area contributed by atoms with E-state index in [0.29, 0.717) is 53.8 Å². The number of aromatic nitrogens is 2. The molecular formula is C30H33ClF2N4O4S. The number of thioether (sulfide) groups is 1. The van der Waals surface area contributed by atoms with Crippen molar-refractivity contribution in [2.75, 3.05) is 44.1 Å². The first-order valence-electron chi connectivity index (χ1n) is 13.7. The molecule has 5 rings (SSSR count). The van der Waals surface area contributed by atoms with Crippen LogP contribution in [0.25, 0.3) is 22.0 Å². The molecule has 0 N–H and O–H groups in total. The molecule has 2 aromatic carbocycles. The molecule has 3 atom stereocenters. The Bertz CT molecular complexity index is 1600. The SMILES string of the molecule is C=CC(=O)N1[C@H](C)CN(c2nc(=O)n3c4c(c(-c5cc(Cl)c(F)cc5F)c(C)cc24)SC[C@H](OCCOC)C3)C[C@@H]1C. The van der Waals surface area contributed by atoms with Gasteiger partial charge in [0.05, 0.1) is 36.4 Å². The van der Waals surface area contributed by atoms with Crippen molar-refractivity contribution in [1.82, 2.24) is 14.5 Å². The first kappa shape index (κ1) is 30.5. The molecule has 0 unspecified atom stereocenters. The summed E-state index contributed by atoms with van der Waals surface area (Å²) in [5, 5.41) is 0.535. The van der Waals surface area contributed by atoms with Gasteiger partial charge in [-0.25, -0.2) is 13.6 Å². The standard InChI is InChI=1S/C30H33ClF2N4O4S/c1-6-25(38)37-17(3)12-35(13-18(37)4)29-21-9-16(2)26(20-10-22(31)24(33)11-23(20)32)28-27(21)36(30(39)34-29)14-19(15-42-28)41-8-7-40-5/h6,9-11,17-19H,1,7-8,12-15H2,2-5H3/t17-,18+,19-/m1/s1. The molecule has 0 aliphatic carbocycles. The highest BCUT2D eigenvalue weighted by Crippen LogP contribution is 2.45. The quantitative estimate of drug-likeness (QED) is 0.208. The van der Waals surface area contributed by atoms with E-state index in [0.717, 1.165) is 17.0 Å². The second kappa shape index (κ2) is 12.3. The number of methoxy groups -OCH3 is 1. The fraction of sp³-hybridized carbons (Fsp3) is 0.433. The minimum absolute atomic E-state index is 0.146. The molecule has 12 heteroatoms. The number of halogens is 3. The number of amides is 1. The normalized spacial score (nSPS) is 20.6. The van der Waals surface area contributed by atoms with Crippen molar-refractivity contribution in [3.8, 4) is 11.1 Å². The van der Waals surface area contributed by atoms with Gasteiger partial charge in [0, 0.05) is 65.5 Å². The van der Waals surface area contributed by atoms with E-state index in [2.05, 4.69) is 11.6 Å². The van der Waals surface area contributed by atoms with Gasteiger partial charge in [-0.1, -0.05) is 18.2 Å². The number of hydrogen-bond donors (Lipinski definition) is 0. The number of benzene rings is 2. The van der Waals surface area contributed by atoms with Gasteiger partial charge < -0.3 is 19.3 Å². The summed E-state index contributed by atoms with van der Waals surface area (Å²) in [5.41, 5.74) is 1.56. The minimum Gasteiger partial charge on any atom is -0.382 e. The van der Waals surface area contributed by atoms with Gasteiger partial charge in [0.1, 0.15) is 17.5 Å². The molecule has 8 nitrogen and oxygen atoms in total. The van der Waals surface area contributed by atoms with Crippen LogP contribution in [0.5, 0.6) is 0 Å². The van der Waals surface area contributed by atoms with Crippen LogP contribution in [0.4, 0.5) is 14.6 Å². The third-order valence-corrected chi connectivity index (χ3v) is 9.28. The van der Waals surface area contributed by atoms with E-state index in [-0.39, 0.29) is 41.2 Å². The number of carbonyl (C=O) groups is 1. The number of nitrogens with zero attached hydrogens (tertiary/aromatic N) is 4. The Balaban J connectivity index is 1.72. The third-order valence-electron chi connectivity index (χ3n) is 7.76. The van der Waals surface area contributed by atoms with Gasteiger partial charge in [0.15, 0.2) is 0 Å². The number of rotatable bonds is 7. The van der Waals surface area contributed by atoms with Crippen molar-refractivity contribution in [3.05, 3.63) is 63.6 Å². The average molecular weight is 619 g/mol. The van der Waals surface area contributed by atoms with Gasteiger partial charge >= 0.3 is 5.69 Å². The number of hydrogen-bond acceptors (Lipinski definition) is 7. The summed E-state index contributed by atoms with van der Waals surface area (Å²) in [6, 6.07) is 3.66. The number of aryl methyl sites for hydroxylation is 1. The van der Waals surface area contributed by atoms with E-state index >= 15 is 4.39 Å². The Morgan fingerprint density at radius 3 is 2.55 bits per heavy atom. The summed E-state index contributed by atoms with van der Waals surface area (Å²) in [7, 11) is 1.59. The fourth-order valence-corrected chi connectivity index (χ4v) is 7.48. The predicted molar refractivity (Wildman–Crippen MR) is 162 cm³/mol. The zero-order chi connectivity index (χ0) is 30.3. The summed E-state index contributed by atoms with van der Waals surface area (Å²) in [4.78, 5) is 35.3. The second-order valence-electron chi connectivity index (χ2n) is 10.7. The monoisotopic (exact) mass is 618 g/mol. The van der Waals surface area contributed by atoms with Crippen LogP contribution in [0.15, 0.2) is 40.5 Å². The highest BCUT2D eigenvalue weighted by atomic mass is 35.5. The zero-order valence-corrected chi connectivity index (χ0v) is 25.5. The summed E-state index contributed by atoms with van der Waals surface area (Å²) in [6.07, 6.45) is 0.974. The van der Waals surface area contributed by atoms with Gasteiger partial charge in [-0.05, 0) is 44.5 Å². The molecule has 1 amide bonds. The van der Waals surface area contributed by atoms with E-state index in [1.54, 1.807) is 16.6 Å². The Labute approximate surface area is 252 Å². The lowest BCUT2D eigenvalue weighted by atomic mass is 9.97. The minimum atomic E-state index is -0.845. The van der Waals surface area contributed by atoms with Gasteiger partial charge in [-0.2, -0.15) is 4.98 Å². The van der Waals surface area contributed by atoms with Crippen LogP contribution < -0.4 is 10.6 Å². The molecule has 1 saturated heterocycles. The van der Waals surface area contributed by atoms with Crippen LogP contribution in [-0.4, -0.2) is 77.7 Å². The second-order valence-corrected chi connectivity index (χ2v) is 12.2. The molecule has 2 aliphatic rings. The van der Waals surface area contributed by atoms with Crippen molar-refractivity contribution >= 4 is 46.0 Å². The third kappa shape index (κ3) is 5.55.